The van der Waals surface area contributed by atoms with E-state index in [1.165, 1.54) is 32.8 Å². The highest BCUT2D eigenvalue weighted by Crippen LogP contribution is 2.68. The number of hydrogen-bond acceptors (Lipinski definition) is 6. The second kappa shape index (κ2) is 10.6. The molecule has 3 unspecified atom stereocenters. The molecule has 5 rings (SSSR count). The van der Waals surface area contributed by atoms with Crippen LogP contribution in [0.5, 0.6) is 0 Å². The minimum absolute atomic E-state index is 0.00238. The zero-order chi connectivity index (χ0) is 27.2. The lowest BCUT2D eigenvalue weighted by Crippen LogP contribution is -2.58. The van der Waals surface area contributed by atoms with E-state index in [-0.39, 0.29) is 41.3 Å². The number of aliphatic hydroxyl groups excluding tert-OH is 2. The summed E-state index contributed by atoms with van der Waals surface area (Å²) in [5, 5.41) is 24.7. The van der Waals surface area contributed by atoms with Crippen LogP contribution in [0.15, 0.2) is 16.5 Å². The number of hydrogen-bond donors (Lipinski definition) is 3. The third-order valence-electron chi connectivity index (χ3n) is 11.8. The maximum Gasteiger partial charge on any atom is 0.373 e. The molecule has 10 atom stereocenters. The third kappa shape index (κ3) is 4.83. The molecule has 0 spiro atoms. The van der Waals surface area contributed by atoms with Crippen LogP contribution in [0.25, 0.3) is 0 Å². The SMILES string of the molecule is COC(=O)c1ccc(CNC(=O)CC[C@@H](C)C2CCC3[C@H]4C(CC[C@@]32C)[C@@]2(C)CC[C@@H](O)C[C@H]2C[C@@H]4O)o1. The molecule has 4 aliphatic rings. The van der Waals surface area contributed by atoms with Gasteiger partial charge in [0.25, 0.3) is 0 Å². The van der Waals surface area contributed by atoms with Gasteiger partial charge in [0.05, 0.1) is 25.9 Å². The molecule has 1 aromatic heterocycles. The van der Waals surface area contributed by atoms with Gasteiger partial charge in [0.15, 0.2) is 0 Å². The van der Waals surface area contributed by atoms with Gasteiger partial charge in [-0.1, -0.05) is 20.8 Å². The summed E-state index contributed by atoms with van der Waals surface area (Å²) >= 11 is 0. The first-order valence-corrected chi connectivity index (χ1v) is 14.9. The van der Waals surface area contributed by atoms with E-state index in [1.807, 2.05) is 0 Å². The van der Waals surface area contributed by atoms with Gasteiger partial charge in [-0.05, 0) is 116 Å². The second-order valence-corrected chi connectivity index (χ2v) is 13.5. The Morgan fingerprint density at radius 2 is 1.82 bits per heavy atom. The first kappa shape index (κ1) is 27.7. The Morgan fingerprint density at radius 1 is 1.08 bits per heavy atom. The van der Waals surface area contributed by atoms with Gasteiger partial charge >= 0.3 is 5.97 Å². The van der Waals surface area contributed by atoms with E-state index in [0.717, 1.165) is 32.1 Å². The van der Waals surface area contributed by atoms with E-state index in [4.69, 9.17) is 4.42 Å². The van der Waals surface area contributed by atoms with Gasteiger partial charge in [0, 0.05) is 6.42 Å². The predicted octanol–water partition coefficient (Wildman–Crippen LogP) is 5.09. The summed E-state index contributed by atoms with van der Waals surface area (Å²) in [7, 11) is 1.31. The van der Waals surface area contributed by atoms with Crippen molar-refractivity contribution in [3.63, 3.8) is 0 Å². The van der Waals surface area contributed by atoms with Gasteiger partial charge in [0.2, 0.25) is 11.7 Å². The van der Waals surface area contributed by atoms with Gasteiger partial charge in [-0.3, -0.25) is 4.79 Å². The lowest BCUT2D eigenvalue weighted by Gasteiger charge is -2.62. The van der Waals surface area contributed by atoms with Crippen LogP contribution in [0.1, 0.15) is 101 Å². The van der Waals surface area contributed by atoms with Crippen LogP contribution in [0.2, 0.25) is 0 Å². The Hall–Kier alpha value is -1.86. The van der Waals surface area contributed by atoms with Crippen LogP contribution >= 0.6 is 0 Å². The molecule has 3 N–H and O–H groups in total. The van der Waals surface area contributed by atoms with Crippen molar-refractivity contribution in [2.24, 2.45) is 46.3 Å². The van der Waals surface area contributed by atoms with Gasteiger partial charge in [0.1, 0.15) is 5.76 Å². The molecule has 4 saturated carbocycles. The minimum Gasteiger partial charge on any atom is -0.463 e. The maximum absolute atomic E-state index is 12.6. The topological polar surface area (TPSA) is 109 Å². The van der Waals surface area contributed by atoms with Crippen LogP contribution in [0.3, 0.4) is 0 Å². The second-order valence-electron chi connectivity index (χ2n) is 13.5. The lowest BCUT2D eigenvalue weighted by molar-refractivity contribution is -0.174. The van der Waals surface area contributed by atoms with Crippen LogP contribution in [-0.4, -0.2) is 41.4 Å². The fourth-order valence-electron chi connectivity index (χ4n) is 9.69. The van der Waals surface area contributed by atoms with E-state index in [1.54, 1.807) is 12.1 Å². The molecule has 7 heteroatoms. The molecule has 212 valence electrons. The number of nitrogens with one attached hydrogen (secondary N) is 1. The zero-order valence-corrected chi connectivity index (χ0v) is 23.6. The van der Waals surface area contributed by atoms with E-state index >= 15 is 0 Å². The van der Waals surface area contributed by atoms with Crippen LogP contribution in [-0.2, 0) is 16.1 Å². The van der Waals surface area contributed by atoms with Gasteiger partial charge < -0.3 is 24.7 Å². The summed E-state index contributed by atoms with van der Waals surface area (Å²) < 4.78 is 10.1. The number of esters is 1. The molecule has 4 aliphatic carbocycles. The number of furan rings is 1. The highest BCUT2D eigenvalue weighted by molar-refractivity contribution is 5.86. The first-order chi connectivity index (χ1) is 18.1. The van der Waals surface area contributed by atoms with Crippen LogP contribution in [0, 0.1) is 46.3 Å². The summed E-state index contributed by atoms with van der Waals surface area (Å²) in [5.41, 5.74) is 0.464. The largest absolute Gasteiger partial charge is 0.463 e. The number of ether oxygens (including phenoxy) is 1. The van der Waals surface area contributed by atoms with Crippen molar-refractivity contribution in [1.29, 1.82) is 0 Å². The molecule has 1 amide bonds. The van der Waals surface area contributed by atoms with Crippen molar-refractivity contribution in [2.45, 2.75) is 104 Å². The molecule has 0 radical (unpaired) electrons. The molecule has 0 aliphatic heterocycles. The fourth-order valence-corrected chi connectivity index (χ4v) is 9.69. The first-order valence-electron chi connectivity index (χ1n) is 14.9. The summed E-state index contributed by atoms with van der Waals surface area (Å²) in [6, 6.07) is 3.24. The Kier molecular flexibility index (Phi) is 7.73. The van der Waals surface area contributed by atoms with Crippen molar-refractivity contribution < 1.29 is 29.0 Å². The molecular formula is C31H47NO6. The fraction of sp³-hybridized carbons (Fsp3) is 0.806. The van der Waals surface area contributed by atoms with E-state index in [0.29, 0.717) is 47.7 Å². The number of amides is 1. The minimum atomic E-state index is -0.527. The van der Waals surface area contributed by atoms with Crippen molar-refractivity contribution in [3.05, 3.63) is 23.7 Å². The zero-order valence-electron chi connectivity index (χ0n) is 23.6. The normalized spacial score (nSPS) is 40.9. The highest BCUT2D eigenvalue weighted by atomic mass is 16.5. The molecule has 0 saturated heterocycles. The molecule has 38 heavy (non-hydrogen) atoms. The highest BCUT2D eigenvalue weighted by Gasteiger charge is 2.62. The quantitative estimate of drug-likeness (QED) is 0.425. The molecule has 7 nitrogen and oxygen atoms in total. The summed E-state index contributed by atoms with van der Waals surface area (Å²) in [5.74, 6) is 3.06. The van der Waals surface area contributed by atoms with Gasteiger partial charge in [-0.2, -0.15) is 0 Å². The van der Waals surface area contributed by atoms with Crippen LogP contribution in [0.4, 0.5) is 0 Å². The van der Waals surface area contributed by atoms with E-state index in [9.17, 15) is 19.8 Å². The molecule has 0 bridgehead atoms. The van der Waals surface area contributed by atoms with Crippen LogP contribution < -0.4 is 5.32 Å². The van der Waals surface area contributed by atoms with E-state index < -0.39 is 5.97 Å². The average Bonchev–Trinajstić information content (AvgIpc) is 3.51. The van der Waals surface area contributed by atoms with Crippen molar-refractivity contribution >= 4 is 11.9 Å². The lowest BCUT2D eigenvalue weighted by atomic mass is 9.43. The molecule has 1 heterocycles. The van der Waals surface area contributed by atoms with Gasteiger partial charge in [-0.25, -0.2) is 4.79 Å². The average molecular weight is 530 g/mol. The summed E-state index contributed by atoms with van der Waals surface area (Å²) in [6.07, 6.45) is 9.31. The summed E-state index contributed by atoms with van der Waals surface area (Å²) in [4.78, 5) is 24.2. The van der Waals surface area contributed by atoms with Crippen molar-refractivity contribution in [3.8, 4) is 0 Å². The third-order valence-corrected chi connectivity index (χ3v) is 11.8. The van der Waals surface area contributed by atoms with E-state index in [2.05, 4.69) is 30.8 Å². The standard InChI is InChI=1S/C31H47NO6/c1-18(5-10-27(35)32-17-21-6-9-26(38-21)29(36)37-4)22-7-8-23-28-24(12-14-31(22,23)3)30(2)13-11-20(33)15-19(30)16-25(28)34/h6,9,18-20,22-25,28,33-34H,5,7-8,10-17H2,1-4H3,(H,32,35)/t18-,19+,20-,22?,23?,24?,25+,28+,30+,31-/m1/s1. The number of carbonyl (C=O) groups is 2. The molecular weight excluding hydrogens is 482 g/mol. The Morgan fingerprint density at radius 3 is 2.58 bits per heavy atom. The smallest absolute Gasteiger partial charge is 0.373 e. The molecule has 0 aromatic carbocycles. The number of carbonyl (C=O) groups excluding carboxylic acids is 2. The van der Waals surface area contributed by atoms with Gasteiger partial charge in [-0.15, -0.1) is 0 Å². The molecule has 4 fully saturated rings. The number of methoxy groups -OCH3 is 1. The summed E-state index contributed by atoms with van der Waals surface area (Å²) in [6.45, 7) is 7.50. The molecule has 1 aromatic rings. The Labute approximate surface area is 227 Å². The number of rotatable bonds is 7. The maximum atomic E-state index is 12.6. The van der Waals surface area contributed by atoms with Crippen molar-refractivity contribution in [2.75, 3.05) is 7.11 Å². The Balaban J connectivity index is 1.17. The number of aliphatic hydroxyl groups is 2. The Bertz CT molecular complexity index is 1020. The monoisotopic (exact) mass is 529 g/mol. The number of fused-ring (bicyclic) bond motifs is 5. The predicted molar refractivity (Wildman–Crippen MR) is 143 cm³/mol. The van der Waals surface area contributed by atoms with Crippen molar-refractivity contribution in [1.82, 2.24) is 5.32 Å².